The van der Waals surface area contributed by atoms with E-state index >= 15 is 0 Å². The van der Waals surface area contributed by atoms with Crippen molar-refractivity contribution in [1.82, 2.24) is 10.1 Å². The summed E-state index contributed by atoms with van der Waals surface area (Å²) in [6, 6.07) is 5.37. The maximum Gasteiger partial charge on any atom is 0.234 e. The van der Waals surface area contributed by atoms with Gasteiger partial charge < -0.3 is 14.0 Å². The fourth-order valence-corrected chi connectivity index (χ4v) is 2.12. The maximum absolute atomic E-state index is 11.7. The number of Topliss-reactive ketones (excluding diaryl/α,β-unsaturated/α-hetero) is 1. The molecular formula is C15H16N2O4. The van der Waals surface area contributed by atoms with E-state index in [0.717, 1.165) is 18.4 Å². The summed E-state index contributed by atoms with van der Waals surface area (Å²) in [7, 11) is 3.14. The number of carbonyl (C=O) groups is 1. The molecule has 1 aromatic heterocycles. The molecule has 1 fully saturated rings. The van der Waals surface area contributed by atoms with Crippen LogP contribution in [-0.2, 0) is 11.2 Å². The Balaban J connectivity index is 1.80. The molecule has 1 aliphatic carbocycles. The molecule has 0 amide bonds. The van der Waals surface area contributed by atoms with Crippen LogP contribution in [0.25, 0.3) is 11.4 Å². The van der Waals surface area contributed by atoms with E-state index in [2.05, 4.69) is 10.1 Å². The zero-order valence-electron chi connectivity index (χ0n) is 12.0. The third kappa shape index (κ3) is 2.89. The number of ketones is 1. The quantitative estimate of drug-likeness (QED) is 0.811. The molecule has 0 aliphatic heterocycles. The Hall–Kier alpha value is -2.37. The standard InChI is InChI=1S/C15H16N2O4/c1-19-12-6-5-10(7-13(12)20-2)15-16-14(21-17-15)8-11(18)9-3-4-9/h5-7,9H,3-4,8H2,1-2H3. The van der Waals surface area contributed by atoms with Crippen LogP contribution in [0.15, 0.2) is 22.7 Å². The molecule has 110 valence electrons. The van der Waals surface area contributed by atoms with Crippen LogP contribution in [0.3, 0.4) is 0 Å². The van der Waals surface area contributed by atoms with Gasteiger partial charge in [-0.2, -0.15) is 4.98 Å². The zero-order chi connectivity index (χ0) is 14.8. The van der Waals surface area contributed by atoms with Gasteiger partial charge in [-0.25, -0.2) is 0 Å². The fourth-order valence-electron chi connectivity index (χ4n) is 2.12. The first-order valence-electron chi connectivity index (χ1n) is 6.79. The first-order valence-corrected chi connectivity index (χ1v) is 6.79. The van der Waals surface area contributed by atoms with Gasteiger partial charge in [-0.1, -0.05) is 5.16 Å². The van der Waals surface area contributed by atoms with E-state index in [0.29, 0.717) is 23.2 Å². The monoisotopic (exact) mass is 288 g/mol. The van der Waals surface area contributed by atoms with Gasteiger partial charge in [0.05, 0.1) is 20.6 Å². The molecule has 0 N–H and O–H groups in total. The zero-order valence-corrected chi connectivity index (χ0v) is 12.0. The number of carbonyl (C=O) groups excluding carboxylic acids is 1. The van der Waals surface area contributed by atoms with Crippen LogP contribution in [0.4, 0.5) is 0 Å². The number of aromatic nitrogens is 2. The minimum atomic E-state index is 0.178. The van der Waals surface area contributed by atoms with E-state index in [-0.39, 0.29) is 18.1 Å². The highest BCUT2D eigenvalue weighted by Gasteiger charge is 2.30. The largest absolute Gasteiger partial charge is 0.493 e. The van der Waals surface area contributed by atoms with Gasteiger partial charge in [0.15, 0.2) is 11.5 Å². The van der Waals surface area contributed by atoms with E-state index in [1.807, 2.05) is 6.07 Å². The van der Waals surface area contributed by atoms with Crippen molar-refractivity contribution in [2.75, 3.05) is 14.2 Å². The van der Waals surface area contributed by atoms with Crippen LogP contribution >= 0.6 is 0 Å². The lowest BCUT2D eigenvalue weighted by Gasteiger charge is -2.07. The number of hydrogen-bond donors (Lipinski definition) is 0. The molecule has 3 rings (SSSR count). The summed E-state index contributed by atoms with van der Waals surface area (Å²) in [5, 5.41) is 3.92. The van der Waals surface area contributed by atoms with Gasteiger partial charge in [-0.05, 0) is 31.0 Å². The third-order valence-corrected chi connectivity index (χ3v) is 3.47. The molecule has 0 bridgehead atoms. The van der Waals surface area contributed by atoms with Gasteiger partial charge >= 0.3 is 0 Å². The van der Waals surface area contributed by atoms with Gasteiger partial charge in [0.2, 0.25) is 11.7 Å². The second-order valence-corrected chi connectivity index (χ2v) is 5.00. The van der Waals surface area contributed by atoms with Gasteiger partial charge in [0.25, 0.3) is 0 Å². The number of hydrogen-bond acceptors (Lipinski definition) is 6. The molecule has 1 saturated carbocycles. The van der Waals surface area contributed by atoms with Gasteiger partial charge in [-0.3, -0.25) is 4.79 Å². The van der Waals surface area contributed by atoms with Crippen molar-refractivity contribution in [3.8, 4) is 22.9 Å². The molecule has 6 heteroatoms. The Kier molecular flexibility index (Phi) is 3.60. The normalized spacial score (nSPS) is 14.0. The second-order valence-electron chi connectivity index (χ2n) is 5.00. The lowest BCUT2D eigenvalue weighted by Crippen LogP contribution is -2.04. The highest BCUT2D eigenvalue weighted by molar-refractivity contribution is 5.84. The topological polar surface area (TPSA) is 74.5 Å². The summed E-state index contributed by atoms with van der Waals surface area (Å²) >= 11 is 0. The fraction of sp³-hybridized carbons (Fsp3) is 0.400. The molecule has 6 nitrogen and oxygen atoms in total. The van der Waals surface area contributed by atoms with Crippen molar-refractivity contribution in [2.24, 2.45) is 5.92 Å². The van der Waals surface area contributed by atoms with Crippen molar-refractivity contribution in [3.05, 3.63) is 24.1 Å². The number of rotatable bonds is 6. The molecule has 0 radical (unpaired) electrons. The van der Waals surface area contributed by atoms with Gasteiger partial charge in [0.1, 0.15) is 5.78 Å². The van der Waals surface area contributed by atoms with Crippen LogP contribution in [0.2, 0.25) is 0 Å². The second kappa shape index (κ2) is 5.55. The predicted octanol–water partition coefficient (Wildman–Crippen LogP) is 2.28. The van der Waals surface area contributed by atoms with E-state index in [4.69, 9.17) is 14.0 Å². The van der Waals surface area contributed by atoms with Crippen LogP contribution < -0.4 is 9.47 Å². The number of nitrogens with zero attached hydrogens (tertiary/aromatic N) is 2. The maximum atomic E-state index is 11.7. The van der Waals surface area contributed by atoms with Gasteiger partial charge in [0, 0.05) is 11.5 Å². The Morgan fingerprint density at radius 3 is 2.71 bits per heavy atom. The van der Waals surface area contributed by atoms with E-state index in [1.165, 1.54) is 0 Å². The van der Waals surface area contributed by atoms with E-state index < -0.39 is 0 Å². The van der Waals surface area contributed by atoms with E-state index in [9.17, 15) is 4.79 Å². The average Bonchev–Trinajstić information content (AvgIpc) is 3.27. The molecule has 21 heavy (non-hydrogen) atoms. The van der Waals surface area contributed by atoms with Crippen molar-refractivity contribution in [1.29, 1.82) is 0 Å². The molecule has 0 spiro atoms. The molecule has 0 unspecified atom stereocenters. The van der Waals surface area contributed by atoms with Crippen LogP contribution in [0.1, 0.15) is 18.7 Å². The van der Waals surface area contributed by atoms with Crippen molar-refractivity contribution < 1.29 is 18.8 Å². The molecule has 2 aromatic rings. The summed E-state index contributed by atoms with van der Waals surface area (Å²) in [5.41, 5.74) is 0.751. The predicted molar refractivity (Wildman–Crippen MR) is 74.3 cm³/mol. The number of ether oxygens (including phenoxy) is 2. The summed E-state index contributed by atoms with van der Waals surface area (Å²) in [4.78, 5) is 16.0. The molecular weight excluding hydrogens is 272 g/mol. The Labute approximate surface area is 122 Å². The Morgan fingerprint density at radius 2 is 2.05 bits per heavy atom. The van der Waals surface area contributed by atoms with Crippen molar-refractivity contribution >= 4 is 5.78 Å². The highest BCUT2D eigenvalue weighted by Crippen LogP contribution is 2.32. The van der Waals surface area contributed by atoms with Crippen LogP contribution in [0, 0.1) is 5.92 Å². The highest BCUT2D eigenvalue weighted by atomic mass is 16.5. The minimum Gasteiger partial charge on any atom is -0.493 e. The molecule has 0 saturated heterocycles. The van der Waals surface area contributed by atoms with Crippen LogP contribution in [0.5, 0.6) is 11.5 Å². The first-order chi connectivity index (χ1) is 10.2. The average molecular weight is 288 g/mol. The summed E-state index contributed by atoms with van der Waals surface area (Å²) in [6.07, 6.45) is 2.18. The van der Waals surface area contributed by atoms with Crippen molar-refractivity contribution in [2.45, 2.75) is 19.3 Å². The SMILES string of the molecule is COc1ccc(-c2noc(CC(=O)C3CC3)n2)cc1OC. The number of benzene rings is 1. The van der Waals surface area contributed by atoms with Gasteiger partial charge in [-0.15, -0.1) is 0 Å². The van der Waals surface area contributed by atoms with Crippen molar-refractivity contribution in [3.63, 3.8) is 0 Å². The Morgan fingerprint density at radius 1 is 1.29 bits per heavy atom. The Bertz CT molecular complexity index is 661. The summed E-state index contributed by atoms with van der Waals surface area (Å²) in [5.74, 6) is 2.40. The minimum absolute atomic E-state index is 0.178. The summed E-state index contributed by atoms with van der Waals surface area (Å²) in [6.45, 7) is 0. The summed E-state index contributed by atoms with van der Waals surface area (Å²) < 4.78 is 15.6. The van der Waals surface area contributed by atoms with E-state index in [1.54, 1.807) is 26.4 Å². The molecule has 0 atom stereocenters. The number of methoxy groups -OCH3 is 2. The lowest BCUT2D eigenvalue weighted by molar-refractivity contribution is -0.119. The molecule has 1 aliphatic rings. The van der Waals surface area contributed by atoms with Crippen LogP contribution in [-0.4, -0.2) is 30.1 Å². The molecule has 1 aromatic carbocycles. The molecule has 1 heterocycles. The smallest absolute Gasteiger partial charge is 0.234 e. The third-order valence-electron chi connectivity index (χ3n) is 3.47. The lowest BCUT2D eigenvalue weighted by atomic mass is 10.2. The first kappa shape index (κ1) is 13.6.